The van der Waals surface area contributed by atoms with Crippen LogP contribution in [0.5, 0.6) is 0 Å². The van der Waals surface area contributed by atoms with Gasteiger partial charge in [0, 0.05) is 21.0 Å². The lowest BCUT2D eigenvalue weighted by Crippen LogP contribution is -2.04. The van der Waals surface area contributed by atoms with Crippen LogP contribution in [-0.4, -0.2) is 5.12 Å². The van der Waals surface area contributed by atoms with Gasteiger partial charge >= 0.3 is 0 Å². The monoisotopic (exact) mass is 509 g/mol. The molecule has 0 spiro atoms. The highest BCUT2D eigenvalue weighted by atomic mass is 35.5. The summed E-state index contributed by atoms with van der Waals surface area (Å²) >= 11 is 7.86. The van der Waals surface area contributed by atoms with Gasteiger partial charge in [-0.2, -0.15) is 0 Å². The van der Waals surface area contributed by atoms with E-state index in [0.29, 0.717) is 10.6 Å². The zero-order valence-electron chi connectivity index (χ0n) is 18.8. The van der Waals surface area contributed by atoms with E-state index >= 15 is 0 Å². The van der Waals surface area contributed by atoms with E-state index < -0.39 is 0 Å². The predicted molar refractivity (Wildman–Crippen MR) is 149 cm³/mol. The number of hydrogen-bond donors (Lipinski definition) is 0. The minimum atomic E-state index is -0.187. The van der Waals surface area contributed by atoms with Gasteiger partial charge in [0.1, 0.15) is 0 Å². The Morgan fingerprint density at radius 1 is 0.600 bits per heavy atom. The highest BCUT2D eigenvalue weighted by molar-refractivity contribution is 8.14. The minimum absolute atomic E-state index is 0.00706. The van der Waals surface area contributed by atoms with Gasteiger partial charge in [0.2, 0.25) is 5.12 Å². The number of carbonyl (C=O) groups excluding carboxylic acids is 1. The Hall–Kier alpha value is -3.24. The molecular formula is C31H22ClOS2+. The first-order valence-corrected chi connectivity index (χ1v) is 13.6. The van der Waals surface area contributed by atoms with Crippen molar-refractivity contribution in [2.45, 2.75) is 19.6 Å². The molecule has 0 amide bonds. The van der Waals surface area contributed by atoms with Gasteiger partial charge in [-0.25, -0.2) is 0 Å². The third-order valence-electron chi connectivity index (χ3n) is 5.52. The van der Waals surface area contributed by atoms with Crippen LogP contribution >= 0.6 is 23.4 Å². The van der Waals surface area contributed by atoms with Crippen molar-refractivity contribution < 1.29 is 4.79 Å². The molecule has 0 saturated heterocycles. The fourth-order valence-electron chi connectivity index (χ4n) is 3.83. The Balaban J connectivity index is 1.40. The van der Waals surface area contributed by atoms with Crippen LogP contribution < -0.4 is 0 Å². The van der Waals surface area contributed by atoms with Gasteiger partial charge in [-0.15, -0.1) is 0 Å². The summed E-state index contributed by atoms with van der Waals surface area (Å²) in [6, 6.07) is 45.0. The summed E-state index contributed by atoms with van der Waals surface area (Å²) in [5.74, 6) is 0. The number of benzene rings is 5. The van der Waals surface area contributed by atoms with Crippen molar-refractivity contribution in [3.05, 3.63) is 144 Å². The molecule has 0 radical (unpaired) electrons. The minimum Gasteiger partial charge on any atom is -0.281 e. The SMILES string of the molecule is O=C(Sc1ccc(-c2ccc([S+](c3ccccc3)c3ccccc3)cc2)c(Cl)c1)c1ccccc1. The smallest absolute Gasteiger partial charge is 0.224 e. The van der Waals surface area contributed by atoms with Crippen molar-refractivity contribution >= 4 is 39.4 Å². The summed E-state index contributed by atoms with van der Waals surface area (Å²) < 4.78 is 0. The molecule has 0 unspecified atom stereocenters. The molecule has 5 rings (SSSR count). The molecule has 0 aromatic heterocycles. The molecule has 5 aromatic rings. The zero-order chi connectivity index (χ0) is 24.0. The number of halogens is 1. The number of thioether (sulfide) groups is 1. The van der Waals surface area contributed by atoms with Crippen LogP contribution in [-0.2, 0) is 10.9 Å². The Morgan fingerprint density at radius 2 is 1.11 bits per heavy atom. The van der Waals surface area contributed by atoms with Crippen molar-refractivity contribution in [3.8, 4) is 11.1 Å². The lowest BCUT2D eigenvalue weighted by Gasteiger charge is -2.10. The molecule has 0 bridgehead atoms. The van der Waals surface area contributed by atoms with Gasteiger partial charge in [0.25, 0.3) is 0 Å². The Bertz CT molecular complexity index is 1380. The summed E-state index contributed by atoms with van der Waals surface area (Å²) in [7, 11) is -0.187. The summed E-state index contributed by atoms with van der Waals surface area (Å²) in [4.78, 5) is 17.2. The van der Waals surface area contributed by atoms with Crippen molar-refractivity contribution in [2.75, 3.05) is 0 Å². The van der Waals surface area contributed by atoms with Gasteiger partial charge in [0.15, 0.2) is 14.7 Å². The largest absolute Gasteiger partial charge is 0.281 e. The second kappa shape index (κ2) is 11.0. The molecular weight excluding hydrogens is 488 g/mol. The van der Waals surface area contributed by atoms with Crippen LogP contribution in [0.4, 0.5) is 0 Å². The van der Waals surface area contributed by atoms with Crippen LogP contribution in [0.25, 0.3) is 11.1 Å². The third kappa shape index (κ3) is 5.54. The average molecular weight is 510 g/mol. The van der Waals surface area contributed by atoms with E-state index in [4.69, 9.17) is 11.6 Å². The van der Waals surface area contributed by atoms with Crippen LogP contribution in [0.2, 0.25) is 5.02 Å². The molecule has 0 aliphatic rings. The lowest BCUT2D eigenvalue weighted by atomic mass is 10.1. The third-order valence-corrected chi connectivity index (χ3v) is 8.97. The van der Waals surface area contributed by atoms with Gasteiger partial charge in [-0.1, -0.05) is 84.4 Å². The summed E-state index contributed by atoms with van der Waals surface area (Å²) in [6.07, 6.45) is 0. The van der Waals surface area contributed by atoms with Crippen molar-refractivity contribution in [1.29, 1.82) is 0 Å². The Labute approximate surface area is 218 Å². The quantitative estimate of drug-likeness (QED) is 0.168. The van der Waals surface area contributed by atoms with Gasteiger partial charge in [0.05, 0.1) is 10.9 Å². The fourth-order valence-corrected chi connectivity index (χ4v) is 7.04. The number of rotatable bonds is 6. The first-order valence-electron chi connectivity index (χ1n) is 11.2. The summed E-state index contributed by atoms with van der Waals surface area (Å²) in [5.41, 5.74) is 2.68. The maximum Gasteiger partial charge on any atom is 0.224 e. The second-order valence-corrected chi connectivity index (χ2v) is 11.3. The van der Waals surface area contributed by atoms with E-state index in [1.54, 1.807) is 0 Å². The molecule has 0 saturated carbocycles. The van der Waals surface area contributed by atoms with Crippen molar-refractivity contribution in [1.82, 2.24) is 0 Å². The van der Waals surface area contributed by atoms with Gasteiger partial charge in [-0.05, 0) is 78.0 Å². The first kappa shape index (κ1) is 23.5. The van der Waals surface area contributed by atoms with Crippen molar-refractivity contribution in [3.63, 3.8) is 0 Å². The number of carbonyl (C=O) groups is 1. The molecule has 4 heteroatoms. The Morgan fingerprint density at radius 3 is 1.66 bits per heavy atom. The maximum absolute atomic E-state index is 12.5. The maximum atomic E-state index is 12.5. The van der Waals surface area contributed by atoms with Crippen LogP contribution in [0.1, 0.15) is 10.4 Å². The van der Waals surface area contributed by atoms with E-state index in [2.05, 4.69) is 84.9 Å². The van der Waals surface area contributed by atoms with Crippen LogP contribution in [0, 0.1) is 0 Å². The summed E-state index contributed by atoms with van der Waals surface area (Å²) in [6.45, 7) is 0. The molecule has 0 N–H and O–H groups in total. The van der Waals surface area contributed by atoms with Crippen LogP contribution in [0.15, 0.2) is 153 Å². The van der Waals surface area contributed by atoms with E-state index in [-0.39, 0.29) is 16.0 Å². The average Bonchev–Trinajstić information content (AvgIpc) is 2.91. The van der Waals surface area contributed by atoms with E-state index in [1.807, 2.05) is 48.5 Å². The molecule has 0 aliphatic carbocycles. The van der Waals surface area contributed by atoms with E-state index in [1.165, 1.54) is 26.4 Å². The molecule has 0 aliphatic heterocycles. The Kier molecular flexibility index (Phi) is 7.39. The molecule has 170 valence electrons. The fraction of sp³-hybridized carbons (Fsp3) is 0. The predicted octanol–water partition coefficient (Wildman–Crippen LogP) is 9.03. The molecule has 35 heavy (non-hydrogen) atoms. The van der Waals surface area contributed by atoms with Crippen LogP contribution in [0.3, 0.4) is 0 Å². The van der Waals surface area contributed by atoms with Gasteiger partial charge in [-0.3, -0.25) is 4.79 Å². The number of hydrogen-bond acceptors (Lipinski definition) is 2. The first-order chi connectivity index (χ1) is 17.2. The van der Waals surface area contributed by atoms with E-state index in [0.717, 1.165) is 16.0 Å². The molecule has 1 nitrogen and oxygen atoms in total. The molecule has 0 atom stereocenters. The zero-order valence-corrected chi connectivity index (χ0v) is 21.2. The normalized spacial score (nSPS) is 10.9. The molecule has 5 aromatic carbocycles. The van der Waals surface area contributed by atoms with Crippen molar-refractivity contribution in [2.24, 2.45) is 0 Å². The lowest BCUT2D eigenvalue weighted by molar-refractivity contribution is 0.108. The molecule has 0 heterocycles. The topological polar surface area (TPSA) is 17.1 Å². The highest BCUT2D eigenvalue weighted by Gasteiger charge is 2.28. The second-order valence-electron chi connectivity index (χ2n) is 7.85. The summed E-state index contributed by atoms with van der Waals surface area (Å²) in [5, 5.41) is 0.640. The standard InChI is InChI=1S/C31H22ClOS2/c32-30-22-25(34-31(33)24-10-4-1-5-11-24)18-21-29(30)23-16-19-28(20-17-23)35(26-12-6-2-7-13-26)27-14-8-3-9-15-27/h1-22H/q+1. The molecule has 0 fully saturated rings. The van der Waals surface area contributed by atoms with Gasteiger partial charge < -0.3 is 0 Å². The van der Waals surface area contributed by atoms with E-state index in [9.17, 15) is 4.79 Å². The highest BCUT2D eigenvalue weighted by Crippen LogP contribution is 2.36.